The zero-order chi connectivity index (χ0) is 15.1. The number of aromatic carboxylic acids is 1. The highest BCUT2D eigenvalue weighted by molar-refractivity contribution is 5.92. The van der Waals surface area contributed by atoms with Gasteiger partial charge >= 0.3 is 12.0 Å². The molecule has 4 N–H and O–H groups in total. The van der Waals surface area contributed by atoms with Crippen LogP contribution in [0.3, 0.4) is 0 Å². The second-order valence-corrected chi connectivity index (χ2v) is 4.14. The van der Waals surface area contributed by atoms with Gasteiger partial charge in [0.15, 0.2) is 0 Å². The standard InChI is InChI=1S/C13H17N3O4/c1-8-7-9(3-4-10(8)12(18)19)16-13(20)15-6-5-11(17)14-2/h3-4,7H,5-6H2,1-2H3,(H,14,17)(H,18,19)(H2,15,16,20). The number of carbonyl (C=O) groups excluding carboxylic acids is 2. The Kier molecular flexibility index (Phi) is 5.52. The van der Waals surface area contributed by atoms with E-state index in [0.717, 1.165) is 0 Å². The van der Waals surface area contributed by atoms with Crippen LogP contribution in [0.1, 0.15) is 22.3 Å². The summed E-state index contributed by atoms with van der Waals surface area (Å²) in [5.74, 6) is -1.17. The second-order valence-electron chi connectivity index (χ2n) is 4.14. The predicted octanol–water partition coefficient (Wildman–Crippen LogP) is 0.951. The third-order valence-electron chi connectivity index (χ3n) is 2.63. The van der Waals surface area contributed by atoms with Gasteiger partial charge in [0.05, 0.1) is 5.56 Å². The van der Waals surface area contributed by atoms with Crippen LogP contribution in [0.25, 0.3) is 0 Å². The summed E-state index contributed by atoms with van der Waals surface area (Å²) in [5.41, 5.74) is 1.24. The molecule has 0 bridgehead atoms. The van der Waals surface area contributed by atoms with Crippen LogP contribution in [0.15, 0.2) is 18.2 Å². The Labute approximate surface area is 116 Å². The van der Waals surface area contributed by atoms with Crippen molar-refractivity contribution < 1.29 is 19.5 Å². The SMILES string of the molecule is CNC(=O)CCNC(=O)Nc1ccc(C(=O)O)c(C)c1. The molecule has 0 aromatic heterocycles. The van der Waals surface area contributed by atoms with E-state index in [2.05, 4.69) is 16.0 Å². The topological polar surface area (TPSA) is 108 Å². The Balaban J connectivity index is 2.52. The molecule has 20 heavy (non-hydrogen) atoms. The van der Waals surface area contributed by atoms with E-state index >= 15 is 0 Å². The van der Waals surface area contributed by atoms with E-state index in [4.69, 9.17) is 5.11 Å². The summed E-state index contributed by atoms with van der Waals surface area (Å²) < 4.78 is 0. The molecule has 0 radical (unpaired) electrons. The van der Waals surface area contributed by atoms with E-state index in [9.17, 15) is 14.4 Å². The molecular formula is C13H17N3O4. The smallest absolute Gasteiger partial charge is 0.335 e. The van der Waals surface area contributed by atoms with Gasteiger partial charge in [-0.15, -0.1) is 0 Å². The molecule has 0 unspecified atom stereocenters. The third-order valence-corrected chi connectivity index (χ3v) is 2.63. The summed E-state index contributed by atoms with van der Waals surface area (Å²) in [6.07, 6.45) is 0.195. The lowest BCUT2D eigenvalue weighted by atomic mass is 10.1. The van der Waals surface area contributed by atoms with Crippen LogP contribution >= 0.6 is 0 Å². The highest BCUT2D eigenvalue weighted by Gasteiger charge is 2.08. The Morgan fingerprint density at radius 2 is 1.95 bits per heavy atom. The molecule has 0 aliphatic heterocycles. The van der Waals surface area contributed by atoms with Crippen molar-refractivity contribution in [1.29, 1.82) is 0 Å². The van der Waals surface area contributed by atoms with E-state index in [1.54, 1.807) is 13.0 Å². The molecular weight excluding hydrogens is 262 g/mol. The van der Waals surface area contributed by atoms with Gasteiger partial charge in [-0.1, -0.05) is 0 Å². The number of anilines is 1. The number of carboxylic acid groups (broad SMARTS) is 1. The number of rotatable bonds is 5. The van der Waals surface area contributed by atoms with Crippen LogP contribution in [0.5, 0.6) is 0 Å². The molecule has 0 atom stereocenters. The molecule has 0 saturated heterocycles. The lowest BCUT2D eigenvalue weighted by Gasteiger charge is -2.09. The summed E-state index contributed by atoms with van der Waals surface area (Å²) >= 11 is 0. The van der Waals surface area contributed by atoms with Crippen LogP contribution in [0.4, 0.5) is 10.5 Å². The van der Waals surface area contributed by atoms with Gasteiger partial charge in [-0.05, 0) is 30.7 Å². The van der Waals surface area contributed by atoms with Crippen molar-refractivity contribution >= 4 is 23.6 Å². The van der Waals surface area contributed by atoms with Crippen molar-refractivity contribution in [3.05, 3.63) is 29.3 Å². The molecule has 0 heterocycles. The fraction of sp³-hybridized carbons (Fsp3) is 0.308. The number of hydrogen-bond acceptors (Lipinski definition) is 3. The summed E-state index contributed by atoms with van der Waals surface area (Å²) in [6, 6.07) is 4.06. The highest BCUT2D eigenvalue weighted by atomic mass is 16.4. The number of benzene rings is 1. The van der Waals surface area contributed by atoms with Crippen LogP contribution in [-0.4, -0.2) is 36.6 Å². The van der Waals surface area contributed by atoms with Gasteiger partial charge in [0.1, 0.15) is 0 Å². The number of carboxylic acids is 1. The fourth-order valence-corrected chi connectivity index (χ4v) is 1.57. The number of nitrogens with one attached hydrogen (secondary N) is 3. The van der Waals surface area contributed by atoms with E-state index < -0.39 is 12.0 Å². The van der Waals surface area contributed by atoms with Gasteiger partial charge in [-0.3, -0.25) is 4.79 Å². The number of aryl methyl sites for hydroxylation is 1. The average Bonchev–Trinajstić information content (AvgIpc) is 2.38. The summed E-state index contributed by atoms with van der Waals surface area (Å²) in [6.45, 7) is 1.87. The maximum atomic E-state index is 11.5. The number of urea groups is 1. The maximum absolute atomic E-state index is 11.5. The van der Waals surface area contributed by atoms with Gasteiger partial charge in [0, 0.05) is 25.7 Å². The Bertz CT molecular complexity index is 528. The van der Waals surface area contributed by atoms with Crippen molar-refractivity contribution in [2.24, 2.45) is 0 Å². The van der Waals surface area contributed by atoms with Crippen LogP contribution in [0, 0.1) is 6.92 Å². The van der Waals surface area contributed by atoms with E-state index in [1.807, 2.05) is 0 Å². The minimum atomic E-state index is -1.01. The van der Waals surface area contributed by atoms with Gasteiger partial charge in [0.25, 0.3) is 0 Å². The normalized spacial score (nSPS) is 9.70. The van der Waals surface area contributed by atoms with Gasteiger partial charge in [-0.2, -0.15) is 0 Å². The molecule has 3 amide bonds. The van der Waals surface area contributed by atoms with Crippen LogP contribution < -0.4 is 16.0 Å². The molecule has 7 heteroatoms. The molecule has 0 saturated carbocycles. The van der Waals surface area contributed by atoms with Crippen molar-refractivity contribution in [2.45, 2.75) is 13.3 Å². The number of hydrogen-bond donors (Lipinski definition) is 4. The molecule has 1 aromatic rings. The first-order valence-corrected chi connectivity index (χ1v) is 6.03. The summed E-state index contributed by atoms with van der Waals surface area (Å²) in [4.78, 5) is 33.4. The molecule has 0 aliphatic rings. The van der Waals surface area contributed by atoms with Crippen molar-refractivity contribution in [3.63, 3.8) is 0 Å². The molecule has 7 nitrogen and oxygen atoms in total. The first-order valence-electron chi connectivity index (χ1n) is 6.03. The van der Waals surface area contributed by atoms with Crippen molar-refractivity contribution in [1.82, 2.24) is 10.6 Å². The lowest BCUT2D eigenvalue weighted by molar-refractivity contribution is -0.120. The molecule has 1 rings (SSSR count). The van der Waals surface area contributed by atoms with E-state index in [-0.39, 0.29) is 24.4 Å². The van der Waals surface area contributed by atoms with E-state index in [1.165, 1.54) is 19.2 Å². The van der Waals surface area contributed by atoms with Crippen LogP contribution in [-0.2, 0) is 4.79 Å². The molecule has 0 spiro atoms. The second kappa shape index (κ2) is 7.13. The average molecular weight is 279 g/mol. The van der Waals surface area contributed by atoms with Crippen molar-refractivity contribution in [2.75, 3.05) is 18.9 Å². The lowest BCUT2D eigenvalue weighted by Crippen LogP contribution is -2.32. The maximum Gasteiger partial charge on any atom is 0.335 e. The zero-order valence-electron chi connectivity index (χ0n) is 11.3. The quantitative estimate of drug-likeness (QED) is 0.643. The highest BCUT2D eigenvalue weighted by Crippen LogP contribution is 2.15. The molecule has 0 aliphatic carbocycles. The Morgan fingerprint density at radius 3 is 2.50 bits per heavy atom. The van der Waals surface area contributed by atoms with Gasteiger partial charge < -0.3 is 21.1 Å². The minimum absolute atomic E-state index is 0.160. The molecule has 108 valence electrons. The minimum Gasteiger partial charge on any atom is -0.478 e. The zero-order valence-corrected chi connectivity index (χ0v) is 11.3. The third kappa shape index (κ3) is 4.60. The van der Waals surface area contributed by atoms with Crippen molar-refractivity contribution in [3.8, 4) is 0 Å². The first kappa shape index (κ1) is 15.5. The fourth-order valence-electron chi connectivity index (χ4n) is 1.57. The van der Waals surface area contributed by atoms with Gasteiger partial charge in [-0.25, -0.2) is 9.59 Å². The predicted molar refractivity (Wildman–Crippen MR) is 73.8 cm³/mol. The first-order chi connectivity index (χ1) is 9.43. The van der Waals surface area contributed by atoms with Crippen LogP contribution in [0.2, 0.25) is 0 Å². The van der Waals surface area contributed by atoms with Gasteiger partial charge in [0.2, 0.25) is 5.91 Å². The number of amides is 3. The summed E-state index contributed by atoms with van der Waals surface area (Å²) in [7, 11) is 1.52. The molecule has 0 fully saturated rings. The Morgan fingerprint density at radius 1 is 1.25 bits per heavy atom. The monoisotopic (exact) mass is 279 g/mol. The van der Waals surface area contributed by atoms with E-state index in [0.29, 0.717) is 11.3 Å². The Hall–Kier alpha value is -2.57. The summed E-state index contributed by atoms with van der Waals surface area (Å²) in [5, 5.41) is 16.4. The molecule has 1 aromatic carbocycles. The largest absolute Gasteiger partial charge is 0.478 e. The number of carbonyl (C=O) groups is 3.